The Morgan fingerprint density at radius 3 is 2.73 bits per heavy atom. The summed E-state index contributed by atoms with van der Waals surface area (Å²) in [5, 5.41) is 4.32. The molecule has 0 bridgehead atoms. The highest BCUT2D eigenvalue weighted by molar-refractivity contribution is 5.17. The van der Waals surface area contributed by atoms with E-state index >= 15 is 0 Å². The summed E-state index contributed by atoms with van der Waals surface area (Å²) in [5.74, 6) is 0.665. The molecule has 1 fully saturated rings. The van der Waals surface area contributed by atoms with E-state index in [9.17, 15) is 0 Å². The molecular formula is C9H11N2. The zero-order chi connectivity index (χ0) is 7.52. The Bertz CT molecular complexity index is 214. The Balaban J connectivity index is 2.16. The minimum absolute atomic E-state index is 0.665. The summed E-state index contributed by atoms with van der Waals surface area (Å²) < 4.78 is 0. The smallest absolute Gasteiger partial charge is 0.0270 e. The van der Waals surface area contributed by atoms with Crippen LogP contribution in [-0.4, -0.2) is 18.1 Å². The standard InChI is InChI=1S/C9H11N2/c1-4-10-5-2-8(1)9-3-6-11-7-9/h1-2,4-5,9H,3,6-7H2. The number of hydrogen-bond acceptors (Lipinski definition) is 1. The van der Waals surface area contributed by atoms with Crippen LogP contribution in [0.15, 0.2) is 24.5 Å². The van der Waals surface area contributed by atoms with Crippen LogP contribution in [0.2, 0.25) is 0 Å². The molecule has 1 unspecified atom stereocenters. The normalized spacial score (nSPS) is 23.8. The lowest BCUT2D eigenvalue weighted by Gasteiger charge is -2.05. The van der Waals surface area contributed by atoms with Crippen LogP contribution in [0.1, 0.15) is 17.9 Å². The van der Waals surface area contributed by atoms with E-state index in [4.69, 9.17) is 0 Å². The van der Waals surface area contributed by atoms with Crippen LogP contribution >= 0.6 is 0 Å². The van der Waals surface area contributed by atoms with Gasteiger partial charge in [0.2, 0.25) is 0 Å². The third-order valence-corrected chi connectivity index (χ3v) is 2.16. The summed E-state index contributed by atoms with van der Waals surface area (Å²) in [6, 6.07) is 4.18. The molecule has 0 N–H and O–H groups in total. The maximum Gasteiger partial charge on any atom is 0.0270 e. The van der Waals surface area contributed by atoms with Gasteiger partial charge in [0.25, 0.3) is 0 Å². The molecule has 2 nitrogen and oxygen atoms in total. The molecule has 2 heterocycles. The first-order chi connectivity index (χ1) is 5.47. The molecule has 1 aliphatic rings. The van der Waals surface area contributed by atoms with Gasteiger partial charge in [0, 0.05) is 25.5 Å². The summed E-state index contributed by atoms with van der Waals surface area (Å²) in [4.78, 5) is 3.99. The molecule has 1 atom stereocenters. The average Bonchev–Trinajstić information content (AvgIpc) is 2.58. The van der Waals surface area contributed by atoms with Gasteiger partial charge in [-0.15, -0.1) is 0 Å². The van der Waals surface area contributed by atoms with E-state index in [2.05, 4.69) is 22.4 Å². The van der Waals surface area contributed by atoms with Crippen LogP contribution in [0, 0.1) is 0 Å². The predicted octanol–water partition coefficient (Wildman–Crippen LogP) is 1.17. The molecule has 0 aliphatic carbocycles. The Hall–Kier alpha value is -0.890. The fourth-order valence-corrected chi connectivity index (χ4v) is 1.49. The quantitative estimate of drug-likeness (QED) is 0.586. The summed E-state index contributed by atoms with van der Waals surface area (Å²) in [6.45, 7) is 2.04. The van der Waals surface area contributed by atoms with Gasteiger partial charge in [0.1, 0.15) is 0 Å². The average molecular weight is 147 g/mol. The van der Waals surface area contributed by atoms with E-state index < -0.39 is 0 Å². The minimum Gasteiger partial charge on any atom is -0.265 e. The van der Waals surface area contributed by atoms with Gasteiger partial charge in [0.05, 0.1) is 0 Å². The van der Waals surface area contributed by atoms with E-state index in [0.29, 0.717) is 5.92 Å². The second kappa shape index (κ2) is 3.01. The first-order valence-electron chi connectivity index (χ1n) is 4.00. The summed E-state index contributed by atoms with van der Waals surface area (Å²) >= 11 is 0. The third kappa shape index (κ3) is 1.40. The maximum atomic E-state index is 4.32. The first-order valence-corrected chi connectivity index (χ1v) is 4.00. The second-order valence-corrected chi connectivity index (χ2v) is 2.90. The Labute approximate surface area is 66.7 Å². The van der Waals surface area contributed by atoms with Crippen molar-refractivity contribution in [2.24, 2.45) is 0 Å². The van der Waals surface area contributed by atoms with Crippen molar-refractivity contribution in [3.63, 3.8) is 0 Å². The molecule has 1 saturated heterocycles. The van der Waals surface area contributed by atoms with Gasteiger partial charge in [-0.2, -0.15) is 0 Å². The largest absolute Gasteiger partial charge is 0.265 e. The van der Waals surface area contributed by atoms with Crippen LogP contribution in [0.4, 0.5) is 0 Å². The van der Waals surface area contributed by atoms with Gasteiger partial charge in [-0.3, -0.25) is 4.98 Å². The molecule has 2 heteroatoms. The highest BCUT2D eigenvalue weighted by Crippen LogP contribution is 2.21. The van der Waals surface area contributed by atoms with Crippen molar-refractivity contribution >= 4 is 0 Å². The van der Waals surface area contributed by atoms with Gasteiger partial charge in [-0.1, -0.05) is 0 Å². The molecule has 2 rings (SSSR count). The zero-order valence-corrected chi connectivity index (χ0v) is 6.40. The van der Waals surface area contributed by atoms with Crippen molar-refractivity contribution in [2.75, 3.05) is 13.1 Å². The van der Waals surface area contributed by atoms with Crippen molar-refractivity contribution in [3.05, 3.63) is 30.1 Å². The molecular weight excluding hydrogens is 136 g/mol. The number of pyridine rings is 1. The molecule has 0 aromatic carbocycles. The first kappa shape index (κ1) is 6.80. The van der Waals surface area contributed by atoms with Crippen LogP contribution in [0.25, 0.3) is 0 Å². The highest BCUT2D eigenvalue weighted by Gasteiger charge is 2.16. The molecule has 0 saturated carbocycles. The minimum atomic E-state index is 0.665. The van der Waals surface area contributed by atoms with Crippen LogP contribution in [-0.2, 0) is 0 Å². The highest BCUT2D eigenvalue weighted by atomic mass is 14.9. The topological polar surface area (TPSA) is 27.0 Å². The summed E-state index contributed by atoms with van der Waals surface area (Å²) in [7, 11) is 0. The molecule has 1 aromatic heterocycles. The van der Waals surface area contributed by atoms with Gasteiger partial charge in [-0.05, 0) is 30.0 Å². The SMILES string of the molecule is c1cc(C2CC[N]C2)ccn1. The molecule has 0 amide bonds. The van der Waals surface area contributed by atoms with Gasteiger partial charge < -0.3 is 0 Å². The molecule has 1 radical (unpaired) electrons. The number of nitrogens with zero attached hydrogens (tertiary/aromatic N) is 2. The molecule has 1 aliphatic heterocycles. The van der Waals surface area contributed by atoms with E-state index in [1.165, 1.54) is 12.0 Å². The predicted molar refractivity (Wildman–Crippen MR) is 43.5 cm³/mol. The molecule has 11 heavy (non-hydrogen) atoms. The fourth-order valence-electron chi connectivity index (χ4n) is 1.49. The lowest BCUT2D eigenvalue weighted by Crippen LogP contribution is -2.00. The van der Waals surface area contributed by atoms with Gasteiger partial charge >= 0.3 is 0 Å². The van der Waals surface area contributed by atoms with Crippen LogP contribution < -0.4 is 5.32 Å². The monoisotopic (exact) mass is 147 g/mol. The number of rotatable bonds is 1. The van der Waals surface area contributed by atoms with Crippen molar-refractivity contribution < 1.29 is 0 Å². The summed E-state index contributed by atoms with van der Waals surface area (Å²) in [6.07, 6.45) is 4.92. The fraction of sp³-hybridized carbons (Fsp3) is 0.444. The zero-order valence-electron chi connectivity index (χ0n) is 6.40. The Morgan fingerprint density at radius 2 is 2.09 bits per heavy atom. The van der Waals surface area contributed by atoms with Crippen molar-refractivity contribution in [1.29, 1.82) is 0 Å². The maximum absolute atomic E-state index is 4.32. The van der Waals surface area contributed by atoms with Crippen molar-refractivity contribution in [1.82, 2.24) is 10.3 Å². The van der Waals surface area contributed by atoms with E-state index in [1.807, 2.05) is 12.4 Å². The molecule has 57 valence electrons. The lowest BCUT2D eigenvalue weighted by atomic mass is 10.0. The lowest BCUT2D eigenvalue weighted by molar-refractivity contribution is 0.757. The van der Waals surface area contributed by atoms with E-state index in [-0.39, 0.29) is 0 Å². The second-order valence-electron chi connectivity index (χ2n) is 2.90. The summed E-state index contributed by atoms with van der Waals surface area (Å²) in [5.41, 5.74) is 1.39. The van der Waals surface area contributed by atoms with E-state index in [1.54, 1.807) is 0 Å². The van der Waals surface area contributed by atoms with Crippen LogP contribution in [0.3, 0.4) is 0 Å². The van der Waals surface area contributed by atoms with E-state index in [0.717, 1.165) is 13.1 Å². The van der Waals surface area contributed by atoms with Crippen molar-refractivity contribution in [3.8, 4) is 0 Å². The Morgan fingerprint density at radius 1 is 1.27 bits per heavy atom. The molecule has 0 spiro atoms. The number of aromatic nitrogens is 1. The van der Waals surface area contributed by atoms with Crippen molar-refractivity contribution in [2.45, 2.75) is 12.3 Å². The van der Waals surface area contributed by atoms with Crippen LogP contribution in [0.5, 0.6) is 0 Å². The third-order valence-electron chi connectivity index (χ3n) is 2.16. The van der Waals surface area contributed by atoms with Gasteiger partial charge in [-0.25, -0.2) is 5.32 Å². The number of hydrogen-bond donors (Lipinski definition) is 0. The Kier molecular flexibility index (Phi) is 1.86. The molecule has 1 aromatic rings. The van der Waals surface area contributed by atoms with Gasteiger partial charge in [0.15, 0.2) is 0 Å².